The average molecular weight is 290 g/mol. The summed E-state index contributed by atoms with van der Waals surface area (Å²) < 4.78 is 23.0. The van der Waals surface area contributed by atoms with Crippen LogP contribution in [0.3, 0.4) is 0 Å². The molecular formula is C12H16ClNO3S. The predicted octanol–water partition coefficient (Wildman–Crippen LogP) is 2.32. The Morgan fingerprint density at radius 2 is 1.94 bits per heavy atom. The molecule has 0 atom stereocenters. The van der Waals surface area contributed by atoms with E-state index >= 15 is 0 Å². The largest absolute Gasteiger partial charge is 0.399 e. The molecule has 0 aliphatic heterocycles. The Balaban J connectivity index is 2.72. The van der Waals surface area contributed by atoms with Crippen LogP contribution in [0.2, 0.25) is 5.02 Å². The fourth-order valence-electron chi connectivity index (χ4n) is 1.58. The molecule has 0 spiro atoms. The number of ketones is 1. The highest BCUT2D eigenvalue weighted by atomic mass is 35.5. The summed E-state index contributed by atoms with van der Waals surface area (Å²) in [5, 5.41) is 0.370. The third-order valence-corrected chi connectivity index (χ3v) is 4.47. The Morgan fingerprint density at radius 1 is 1.28 bits per heavy atom. The molecule has 18 heavy (non-hydrogen) atoms. The second-order valence-electron chi connectivity index (χ2n) is 4.10. The molecule has 0 bridgehead atoms. The van der Waals surface area contributed by atoms with Gasteiger partial charge in [0.1, 0.15) is 0 Å². The Kier molecular flexibility index (Phi) is 5.16. The maximum atomic E-state index is 11.8. The Bertz CT molecular complexity index is 520. The highest BCUT2D eigenvalue weighted by Crippen LogP contribution is 2.18. The number of nitrogens with two attached hydrogens (primary N) is 1. The maximum absolute atomic E-state index is 11.8. The third kappa shape index (κ3) is 4.66. The number of hydrogen-bond donors (Lipinski definition) is 1. The number of hydrogen-bond acceptors (Lipinski definition) is 4. The van der Waals surface area contributed by atoms with Gasteiger partial charge in [0.2, 0.25) is 0 Å². The van der Waals surface area contributed by atoms with Gasteiger partial charge < -0.3 is 5.73 Å². The van der Waals surface area contributed by atoms with Crippen molar-refractivity contribution in [1.29, 1.82) is 0 Å². The van der Waals surface area contributed by atoms with Crippen molar-refractivity contribution in [2.75, 3.05) is 17.2 Å². The number of rotatable bonds is 6. The van der Waals surface area contributed by atoms with E-state index in [1.165, 1.54) is 18.2 Å². The number of carbonyl (C=O) groups excluding carboxylic acids is 1. The quantitative estimate of drug-likeness (QED) is 0.644. The van der Waals surface area contributed by atoms with Gasteiger partial charge in [-0.1, -0.05) is 18.5 Å². The first kappa shape index (κ1) is 15.0. The minimum atomic E-state index is -3.14. The average Bonchev–Trinajstić information content (AvgIpc) is 2.24. The van der Waals surface area contributed by atoms with E-state index in [-0.39, 0.29) is 23.7 Å². The minimum Gasteiger partial charge on any atom is -0.399 e. The summed E-state index contributed by atoms with van der Waals surface area (Å²) in [6, 6.07) is 4.53. The summed E-state index contributed by atoms with van der Waals surface area (Å²) in [5.41, 5.74) is 6.32. The molecule has 1 aromatic carbocycles. The van der Waals surface area contributed by atoms with E-state index in [4.69, 9.17) is 17.3 Å². The van der Waals surface area contributed by atoms with Crippen LogP contribution in [0.1, 0.15) is 30.1 Å². The molecule has 0 fully saturated rings. The highest BCUT2D eigenvalue weighted by molar-refractivity contribution is 7.91. The third-order valence-electron chi connectivity index (χ3n) is 2.40. The number of benzene rings is 1. The van der Waals surface area contributed by atoms with E-state index in [9.17, 15) is 13.2 Å². The number of sulfone groups is 1. The molecule has 0 aliphatic carbocycles. The Hall–Kier alpha value is -1.07. The number of anilines is 1. The second kappa shape index (κ2) is 6.20. The summed E-state index contributed by atoms with van der Waals surface area (Å²) >= 11 is 5.78. The number of nitrogen functional groups attached to an aromatic ring is 1. The fraction of sp³-hybridized carbons (Fsp3) is 0.417. The molecule has 0 aliphatic rings. The molecule has 0 saturated heterocycles. The van der Waals surface area contributed by atoms with E-state index in [0.717, 1.165) is 0 Å². The van der Waals surface area contributed by atoms with Gasteiger partial charge in [-0.25, -0.2) is 8.42 Å². The first-order chi connectivity index (χ1) is 8.34. The van der Waals surface area contributed by atoms with Gasteiger partial charge in [-0.3, -0.25) is 4.79 Å². The topological polar surface area (TPSA) is 77.2 Å². The second-order valence-corrected chi connectivity index (χ2v) is 6.84. The molecule has 0 aromatic heterocycles. The van der Waals surface area contributed by atoms with Gasteiger partial charge in [-0.15, -0.1) is 0 Å². The van der Waals surface area contributed by atoms with E-state index < -0.39 is 9.84 Å². The van der Waals surface area contributed by atoms with Crippen molar-refractivity contribution in [1.82, 2.24) is 0 Å². The standard InChI is InChI=1S/C12H16ClNO3S/c1-2-4-18(16,17)5-3-12(15)9-6-10(13)8-11(14)7-9/h6-8H,2-5,14H2,1H3. The van der Waals surface area contributed by atoms with Crippen LogP contribution in [0.25, 0.3) is 0 Å². The Labute approximate surface area is 112 Å². The van der Waals surface area contributed by atoms with Crippen LogP contribution in [0.4, 0.5) is 5.69 Å². The van der Waals surface area contributed by atoms with Crippen LogP contribution in [0.15, 0.2) is 18.2 Å². The number of Topliss-reactive ketones (excluding diaryl/α,β-unsaturated/α-hetero) is 1. The molecule has 0 saturated carbocycles. The first-order valence-corrected chi connectivity index (χ1v) is 7.83. The lowest BCUT2D eigenvalue weighted by Gasteiger charge is -2.04. The minimum absolute atomic E-state index is 0.0396. The van der Waals surface area contributed by atoms with Crippen LogP contribution in [0, 0.1) is 0 Å². The van der Waals surface area contributed by atoms with Crippen LogP contribution >= 0.6 is 11.6 Å². The predicted molar refractivity (Wildman–Crippen MR) is 73.8 cm³/mol. The van der Waals surface area contributed by atoms with Crippen molar-refractivity contribution in [3.63, 3.8) is 0 Å². The smallest absolute Gasteiger partial charge is 0.164 e. The molecule has 2 N–H and O–H groups in total. The maximum Gasteiger partial charge on any atom is 0.164 e. The summed E-state index contributed by atoms with van der Waals surface area (Å²) in [7, 11) is -3.14. The highest BCUT2D eigenvalue weighted by Gasteiger charge is 2.14. The van der Waals surface area contributed by atoms with E-state index in [2.05, 4.69) is 0 Å². The van der Waals surface area contributed by atoms with Crippen molar-refractivity contribution in [3.05, 3.63) is 28.8 Å². The van der Waals surface area contributed by atoms with Gasteiger partial charge in [0.05, 0.1) is 5.75 Å². The van der Waals surface area contributed by atoms with E-state index in [1.807, 2.05) is 0 Å². The van der Waals surface area contributed by atoms with Gasteiger partial charge in [0.15, 0.2) is 15.6 Å². The van der Waals surface area contributed by atoms with Gasteiger partial charge in [-0.05, 0) is 24.6 Å². The molecular weight excluding hydrogens is 274 g/mol. The summed E-state index contributed by atoms with van der Waals surface area (Å²) in [4.78, 5) is 11.8. The molecule has 4 nitrogen and oxygen atoms in total. The first-order valence-electron chi connectivity index (χ1n) is 5.64. The summed E-state index contributed by atoms with van der Waals surface area (Å²) in [6.07, 6.45) is 0.517. The van der Waals surface area contributed by atoms with Crippen molar-refractivity contribution < 1.29 is 13.2 Å². The van der Waals surface area contributed by atoms with Crippen molar-refractivity contribution in [2.24, 2.45) is 0 Å². The lowest BCUT2D eigenvalue weighted by molar-refractivity contribution is 0.0989. The molecule has 1 rings (SSSR count). The number of halogens is 1. The zero-order valence-corrected chi connectivity index (χ0v) is 11.7. The van der Waals surface area contributed by atoms with Crippen molar-refractivity contribution in [3.8, 4) is 0 Å². The molecule has 0 unspecified atom stereocenters. The van der Waals surface area contributed by atoms with Gasteiger partial charge in [0.25, 0.3) is 0 Å². The van der Waals surface area contributed by atoms with Gasteiger partial charge in [0, 0.05) is 28.4 Å². The lowest BCUT2D eigenvalue weighted by Crippen LogP contribution is -2.14. The van der Waals surface area contributed by atoms with Crippen LogP contribution in [0.5, 0.6) is 0 Å². The number of carbonyl (C=O) groups is 1. The van der Waals surface area contributed by atoms with E-state index in [0.29, 0.717) is 22.7 Å². The van der Waals surface area contributed by atoms with Crippen molar-refractivity contribution >= 4 is 32.9 Å². The van der Waals surface area contributed by atoms with Crippen LogP contribution < -0.4 is 5.73 Å². The normalized spacial score (nSPS) is 11.4. The SMILES string of the molecule is CCCS(=O)(=O)CCC(=O)c1cc(N)cc(Cl)c1. The summed E-state index contributed by atoms with van der Waals surface area (Å²) in [5.74, 6) is -0.284. The molecule has 1 aromatic rings. The summed E-state index contributed by atoms with van der Waals surface area (Å²) in [6.45, 7) is 1.79. The zero-order chi connectivity index (χ0) is 13.8. The molecule has 6 heteroatoms. The molecule has 0 amide bonds. The van der Waals surface area contributed by atoms with E-state index in [1.54, 1.807) is 6.92 Å². The molecule has 100 valence electrons. The molecule has 0 heterocycles. The lowest BCUT2D eigenvalue weighted by atomic mass is 10.1. The Morgan fingerprint density at radius 3 is 2.50 bits per heavy atom. The zero-order valence-electron chi connectivity index (χ0n) is 10.1. The van der Waals surface area contributed by atoms with Crippen LogP contribution in [-0.2, 0) is 9.84 Å². The van der Waals surface area contributed by atoms with Crippen LogP contribution in [-0.4, -0.2) is 25.7 Å². The van der Waals surface area contributed by atoms with Gasteiger partial charge >= 0.3 is 0 Å². The monoisotopic (exact) mass is 289 g/mol. The van der Waals surface area contributed by atoms with Crippen molar-refractivity contribution in [2.45, 2.75) is 19.8 Å². The van der Waals surface area contributed by atoms with Gasteiger partial charge in [-0.2, -0.15) is 0 Å². The molecule has 0 radical (unpaired) electrons. The fourth-order valence-corrected chi connectivity index (χ4v) is 3.14.